The summed E-state index contributed by atoms with van der Waals surface area (Å²) in [7, 11) is 1.95. The SMILES string of the molecule is Cc1ccc(-c2nc3cc(C#N)ccc3n2C)c(Cl)c1. The van der Waals surface area contributed by atoms with Crippen molar-refractivity contribution >= 4 is 22.6 Å². The van der Waals surface area contributed by atoms with Gasteiger partial charge in [-0.2, -0.15) is 5.26 Å². The van der Waals surface area contributed by atoms with E-state index in [1.807, 2.05) is 42.8 Å². The number of aromatic nitrogens is 2. The Morgan fingerprint density at radius 1 is 1.20 bits per heavy atom. The van der Waals surface area contributed by atoms with Gasteiger partial charge in [0.1, 0.15) is 5.82 Å². The molecule has 3 aromatic rings. The lowest BCUT2D eigenvalue weighted by molar-refractivity contribution is 0.959. The Morgan fingerprint density at radius 3 is 2.70 bits per heavy atom. The van der Waals surface area contributed by atoms with E-state index >= 15 is 0 Å². The van der Waals surface area contributed by atoms with Gasteiger partial charge in [0.25, 0.3) is 0 Å². The molecule has 0 bridgehead atoms. The Bertz CT molecular complexity index is 856. The Balaban J connectivity index is 2.26. The van der Waals surface area contributed by atoms with Crippen molar-refractivity contribution in [1.29, 1.82) is 5.26 Å². The van der Waals surface area contributed by atoms with Crippen LogP contribution in [-0.4, -0.2) is 9.55 Å². The van der Waals surface area contributed by atoms with Crippen LogP contribution >= 0.6 is 11.6 Å². The number of aryl methyl sites for hydroxylation is 2. The van der Waals surface area contributed by atoms with Gasteiger partial charge in [-0.15, -0.1) is 0 Å². The van der Waals surface area contributed by atoms with Crippen molar-refractivity contribution in [3.8, 4) is 17.5 Å². The van der Waals surface area contributed by atoms with Crippen LogP contribution in [0.5, 0.6) is 0 Å². The summed E-state index contributed by atoms with van der Waals surface area (Å²) in [5.74, 6) is 0.806. The summed E-state index contributed by atoms with van der Waals surface area (Å²) in [5, 5.41) is 9.64. The fourth-order valence-electron chi connectivity index (χ4n) is 2.31. The molecule has 1 heterocycles. The predicted octanol–water partition coefficient (Wildman–Crippen LogP) is 4.07. The maximum atomic E-state index is 8.96. The van der Waals surface area contributed by atoms with E-state index < -0.39 is 0 Å². The van der Waals surface area contributed by atoms with Gasteiger partial charge < -0.3 is 4.57 Å². The standard InChI is InChI=1S/C16H12ClN3/c1-10-3-5-12(13(17)7-10)16-19-14-8-11(9-18)4-6-15(14)20(16)2/h3-8H,1-2H3. The van der Waals surface area contributed by atoms with E-state index in [1.165, 1.54) is 0 Å². The summed E-state index contributed by atoms with van der Waals surface area (Å²) in [5.41, 5.74) is 4.41. The Kier molecular flexibility index (Phi) is 2.96. The second kappa shape index (κ2) is 4.66. The van der Waals surface area contributed by atoms with Gasteiger partial charge in [0.05, 0.1) is 27.7 Å². The van der Waals surface area contributed by atoms with Crippen molar-refractivity contribution in [2.45, 2.75) is 6.92 Å². The fourth-order valence-corrected chi connectivity index (χ4v) is 2.63. The predicted molar refractivity (Wildman–Crippen MR) is 80.6 cm³/mol. The lowest BCUT2D eigenvalue weighted by Gasteiger charge is -2.05. The van der Waals surface area contributed by atoms with E-state index in [0.29, 0.717) is 10.6 Å². The van der Waals surface area contributed by atoms with E-state index in [4.69, 9.17) is 16.9 Å². The first kappa shape index (κ1) is 12.7. The van der Waals surface area contributed by atoms with E-state index in [-0.39, 0.29) is 0 Å². The molecule has 0 atom stereocenters. The van der Waals surface area contributed by atoms with Crippen molar-refractivity contribution < 1.29 is 0 Å². The Morgan fingerprint density at radius 2 is 2.00 bits per heavy atom. The molecule has 0 aliphatic rings. The summed E-state index contributed by atoms with van der Waals surface area (Å²) >= 11 is 6.32. The summed E-state index contributed by atoms with van der Waals surface area (Å²) in [6.07, 6.45) is 0. The van der Waals surface area contributed by atoms with Crippen molar-refractivity contribution in [2.75, 3.05) is 0 Å². The zero-order valence-corrected chi connectivity index (χ0v) is 11.9. The molecule has 0 aliphatic heterocycles. The maximum Gasteiger partial charge on any atom is 0.142 e. The van der Waals surface area contributed by atoms with Gasteiger partial charge >= 0.3 is 0 Å². The van der Waals surface area contributed by atoms with Gasteiger partial charge in [-0.1, -0.05) is 17.7 Å². The zero-order valence-electron chi connectivity index (χ0n) is 11.2. The first-order chi connectivity index (χ1) is 9.60. The monoisotopic (exact) mass is 281 g/mol. The molecule has 0 fully saturated rings. The smallest absolute Gasteiger partial charge is 0.142 e. The second-order valence-corrected chi connectivity index (χ2v) is 5.20. The first-order valence-electron chi connectivity index (χ1n) is 6.23. The van der Waals surface area contributed by atoms with Crippen molar-refractivity contribution in [2.24, 2.45) is 7.05 Å². The average Bonchev–Trinajstić information content (AvgIpc) is 2.75. The van der Waals surface area contributed by atoms with Crippen LogP contribution in [0.1, 0.15) is 11.1 Å². The largest absolute Gasteiger partial charge is 0.327 e. The van der Waals surface area contributed by atoms with Crippen LogP contribution in [-0.2, 0) is 7.05 Å². The van der Waals surface area contributed by atoms with Gasteiger partial charge in [-0.05, 0) is 42.8 Å². The van der Waals surface area contributed by atoms with Crippen LogP contribution in [0.3, 0.4) is 0 Å². The number of benzene rings is 2. The highest BCUT2D eigenvalue weighted by Gasteiger charge is 2.13. The molecule has 1 aromatic heterocycles. The Hall–Kier alpha value is -2.31. The summed E-state index contributed by atoms with van der Waals surface area (Å²) in [6.45, 7) is 2.00. The molecule has 0 N–H and O–H groups in total. The minimum absolute atomic E-state index is 0.608. The number of hydrogen-bond donors (Lipinski definition) is 0. The van der Waals surface area contributed by atoms with Gasteiger partial charge in [-0.3, -0.25) is 0 Å². The third-order valence-electron chi connectivity index (χ3n) is 3.38. The number of halogens is 1. The van der Waals surface area contributed by atoms with E-state index in [0.717, 1.165) is 28.0 Å². The summed E-state index contributed by atoms with van der Waals surface area (Å²) in [6, 6.07) is 13.5. The zero-order chi connectivity index (χ0) is 14.3. The van der Waals surface area contributed by atoms with Crippen molar-refractivity contribution in [3.63, 3.8) is 0 Å². The molecule has 3 nitrogen and oxygen atoms in total. The van der Waals surface area contributed by atoms with Crippen LogP contribution < -0.4 is 0 Å². The highest BCUT2D eigenvalue weighted by atomic mass is 35.5. The van der Waals surface area contributed by atoms with Crippen LogP contribution in [0.25, 0.3) is 22.4 Å². The van der Waals surface area contributed by atoms with Crippen LogP contribution in [0.4, 0.5) is 0 Å². The lowest BCUT2D eigenvalue weighted by atomic mass is 10.1. The normalized spacial score (nSPS) is 10.7. The Labute approximate surface area is 122 Å². The average molecular weight is 282 g/mol. The quantitative estimate of drug-likeness (QED) is 0.674. The number of fused-ring (bicyclic) bond motifs is 1. The topological polar surface area (TPSA) is 41.6 Å². The maximum absolute atomic E-state index is 8.96. The molecule has 20 heavy (non-hydrogen) atoms. The molecule has 2 aromatic carbocycles. The molecule has 3 rings (SSSR count). The van der Waals surface area contributed by atoms with Crippen molar-refractivity contribution in [3.05, 3.63) is 52.5 Å². The number of rotatable bonds is 1. The molecule has 0 radical (unpaired) electrons. The fraction of sp³-hybridized carbons (Fsp3) is 0.125. The van der Waals surface area contributed by atoms with Gasteiger partial charge in [-0.25, -0.2) is 4.98 Å². The van der Waals surface area contributed by atoms with Crippen molar-refractivity contribution in [1.82, 2.24) is 9.55 Å². The molecule has 0 aliphatic carbocycles. The molecular weight excluding hydrogens is 270 g/mol. The van der Waals surface area contributed by atoms with E-state index in [2.05, 4.69) is 11.1 Å². The van der Waals surface area contributed by atoms with Crippen LogP contribution in [0, 0.1) is 18.3 Å². The van der Waals surface area contributed by atoms with Gasteiger partial charge in [0.2, 0.25) is 0 Å². The lowest BCUT2D eigenvalue weighted by Crippen LogP contribution is -1.93. The number of hydrogen-bond acceptors (Lipinski definition) is 2. The van der Waals surface area contributed by atoms with Crippen LogP contribution in [0.2, 0.25) is 5.02 Å². The molecule has 0 amide bonds. The highest BCUT2D eigenvalue weighted by molar-refractivity contribution is 6.33. The van der Waals surface area contributed by atoms with Crippen LogP contribution in [0.15, 0.2) is 36.4 Å². The third kappa shape index (κ3) is 1.95. The molecule has 0 spiro atoms. The minimum Gasteiger partial charge on any atom is -0.327 e. The highest BCUT2D eigenvalue weighted by Crippen LogP contribution is 2.30. The van der Waals surface area contributed by atoms with Gasteiger partial charge in [0.15, 0.2) is 0 Å². The number of imidazole rings is 1. The molecule has 0 unspecified atom stereocenters. The first-order valence-corrected chi connectivity index (χ1v) is 6.61. The molecule has 4 heteroatoms. The van der Waals surface area contributed by atoms with Gasteiger partial charge in [0, 0.05) is 12.6 Å². The second-order valence-electron chi connectivity index (χ2n) is 4.79. The van der Waals surface area contributed by atoms with E-state index in [9.17, 15) is 0 Å². The number of nitriles is 1. The number of nitrogens with zero attached hydrogens (tertiary/aromatic N) is 3. The summed E-state index contributed by atoms with van der Waals surface area (Å²) in [4.78, 5) is 4.61. The molecule has 0 saturated heterocycles. The molecule has 98 valence electrons. The molecule has 0 saturated carbocycles. The minimum atomic E-state index is 0.608. The summed E-state index contributed by atoms with van der Waals surface area (Å²) < 4.78 is 1.99. The van der Waals surface area contributed by atoms with E-state index in [1.54, 1.807) is 12.1 Å². The molecular formula is C16H12ClN3. The third-order valence-corrected chi connectivity index (χ3v) is 3.69.